The molecule has 0 radical (unpaired) electrons. The second kappa shape index (κ2) is 9.58. The number of carbonyl (C=O) groups excluding carboxylic acids is 1. The molecule has 3 rings (SSSR count). The molecule has 0 fully saturated rings. The molecule has 5 heteroatoms. The SMILES string of the molecule is Cc1c(Cl)cccc1NC(=O)/C=C/c1ccc(OCc2ccc(Br)cc2)cc1. The second-order valence-electron chi connectivity index (χ2n) is 6.22. The predicted octanol–water partition coefficient (Wildman–Crippen LogP) is 6.64. The minimum Gasteiger partial charge on any atom is -0.489 e. The van der Waals surface area contributed by atoms with Gasteiger partial charge in [0.1, 0.15) is 12.4 Å². The van der Waals surface area contributed by atoms with E-state index in [1.54, 1.807) is 12.1 Å². The lowest BCUT2D eigenvalue weighted by Gasteiger charge is -2.08. The summed E-state index contributed by atoms with van der Waals surface area (Å²) in [6.07, 6.45) is 3.26. The highest BCUT2D eigenvalue weighted by molar-refractivity contribution is 9.10. The van der Waals surface area contributed by atoms with Crippen molar-refractivity contribution in [2.75, 3.05) is 5.32 Å². The monoisotopic (exact) mass is 455 g/mol. The van der Waals surface area contributed by atoms with Gasteiger partial charge in [-0.3, -0.25) is 4.79 Å². The van der Waals surface area contributed by atoms with E-state index >= 15 is 0 Å². The van der Waals surface area contributed by atoms with E-state index in [1.807, 2.05) is 67.6 Å². The average Bonchev–Trinajstić information content (AvgIpc) is 2.70. The molecule has 0 bridgehead atoms. The molecule has 0 aliphatic carbocycles. The summed E-state index contributed by atoms with van der Waals surface area (Å²) in [6, 6.07) is 21.0. The van der Waals surface area contributed by atoms with Crippen LogP contribution in [0, 0.1) is 6.92 Å². The number of anilines is 1. The van der Waals surface area contributed by atoms with Gasteiger partial charge in [-0.25, -0.2) is 0 Å². The first-order valence-corrected chi connectivity index (χ1v) is 9.90. The Kier molecular flexibility index (Phi) is 6.90. The zero-order valence-electron chi connectivity index (χ0n) is 15.3. The number of hydrogen-bond donors (Lipinski definition) is 1. The van der Waals surface area contributed by atoms with E-state index < -0.39 is 0 Å². The van der Waals surface area contributed by atoms with Crippen molar-refractivity contribution < 1.29 is 9.53 Å². The van der Waals surface area contributed by atoms with Crippen LogP contribution in [-0.4, -0.2) is 5.91 Å². The van der Waals surface area contributed by atoms with Gasteiger partial charge in [0, 0.05) is 21.3 Å². The highest BCUT2D eigenvalue weighted by atomic mass is 79.9. The molecule has 28 heavy (non-hydrogen) atoms. The molecule has 0 saturated carbocycles. The quantitative estimate of drug-likeness (QED) is 0.422. The first-order valence-electron chi connectivity index (χ1n) is 8.73. The largest absolute Gasteiger partial charge is 0.489 e. The van der Waals surface area contributed by atoms with Gasteiger partial charge in [0.25, 0.3) is 0 Å². The molecule has 0 unspecified atom stereocenters. The molecule has 0 atom stereocenters. The van der Waals surface area contributed by atoms with Crippen LogP contribution in [0.1, 0.15) is 16.7 Å². The molecule has 0 aliphatic rings. The Morgan fingerprint density at radius 3 is 2.50 bits per heavy atom. The van der Waals surface area contributed by atoms with Crippen molar-refractivity contribution in [3.8, 4) is 5.75 Å². The first-order chi connectivity index (χ1) is 13.5. The van der Waals surface area contributed by atoms with Crippen molar-refractivity contribution in [2.24, 2.45) is 0 Å². The zero-order chi connectivity index (χ0) is 19.9. The molecule has 0 heterocycles. The summed E-state index contributed by atoms with van der Waals surface area (Å²) >= 11 is 9.49. The third-order valence-electron chi connectivity index (χ3n) is 4.15. The fraction of sp³-hybridized carbons (Fsp3) is 0.0870. The molecular formula is C23H19BrClNO2. The van der Waals surface area contributed by atoms with E-state index in [9.17, 15) is 4.79 Å². The fourth-order valence-corrected chi connectivity index (χ4v) is 2.95. The summed E-state index contributed by atoms with van der Waals surface area (Å²) in [5, 5.41) is 3.46. The van der Waals surface area contributed by atoms with Crippen LogP contribution in [0.5, 0.6) is 5.75 Å². The standard InChI is InChI=1S/C23H19BrClNO2/c1-16-21(25)3-2-4-22(16)26-23(27)14-9-17-7-12-20(13-8-17)28-15-18-5-10-19(24)11-6-18/h2-14H,15H2,1H3,(H,26,27)/b14-9+. The van der Waals surface area contributed by atoms with E-state index in [0.29, 0.717) is 17.3 Å². The van der Waals surface area contributed by atoms with E-state index in [0.717, 1.165) is 26.9 Å². The van der Waals surface area contributed by atoms with Gasteiger partial charge >= 0.3 is 0 Å². The van der Waals surface area contributed by atoms with Crippen LogP contribution in [0.4, 0.5) is 5.69 Å². The van der Waals surface area contributed by atoms with Crippen LogP contribution in [0.2, 0.25) is 5.02 Å². The van der Waals surface area contributed by atoms with Gasteiger partial charge in [-0.15, -0.1) is 0 Å². The Bertz CT molecular complexity index is 982. The Hall–Kier alpha value is -2.56. The number of benzene rings is 3. The van der Waals surface area contributed by atoms with E-state index in [2.05, 4.69) is 21.2 Å². The number of halogens is 2. The van der Waals surface area contributed by atoms with Crippen molar-refractivity contribution >= 4 is 45.2 Å². The van der Waals surface area contributed by atoms with Gasteiger partial charge in [0.05, 0.1) is 0 Å². The lowest BCUT2D eigenvalue weighted by molar-refractivity contribution is -0.111. The van der Waals surface area contributed by atoms with Crippen LogP contribution in [0.25, 0.3) is 6.08 Å². The second-order valence-corrected chi connectivity index (χ2v) is 7.54. The maximum atomic E-state index is 12.1. The molecule has 3 aromatic carbocycles. The van der Waals surface area contributed by atoms with Gasteiger partial charge < -0.3 is 10.1 Å². The molecule has 0 aliphatic heterocycles. The molecule has 3 aromatic rings. The highest BCUT2D eigenvalue weighted by Crippen LogP contribution is 2.23. The van der Waals surface area contributed by atoms with Crippen LogP contribution in [-0.2, 0) is 11.4 Å². The smallest absolute Gasteiger partial charge is 0.248 e. The highest BCUT2D eigenvalue weighted by Gasteiger charge is 2.04. The molecule has 142 valence electrons. The zero-order valence-corrected chi connectivity index (χ0v) is 17.6. The van der Waals surface area contributed by atoms with Gasteiger partial charge in [-0.1, -0.05) is 57.9 Å². The van der Waals surface area contributed by atoms with Crippen LogP contribution in [0.3, 0.4) is 0 Å². The van der Waals surface area contributed by atoms with Crippen LogP contribution >= 0.6 is 27.5 Å². The third kappa shape index (κ3) is 5.72. The molecule has 0 aromatic heterocycles. The topological polar surface area (TPSA) is 38.3 Å². The number of ether oxygens (including phenoxy) is 1. The lowest BCUT2D eigenvalue weighted by Crippen LogP contribution is -2.08. The summed E-state index contributed by atoms with van der Waals surface area (Å²) in [4.78, 5) is 12.1. The Morgan fingerprint density at radius 2 is 1.79 bits per heavy atom. The Labute approximate surface area is 178 Å². The van der Waals surface area contributed by atoms with E-state index in [4.69, 9.17) is 16.3 Å². The van der Waals surface area contributed by atoms with Gasteiger partial charge in [-0.2, -0.15) is 0 Å². The Morgan fingerprint density at radius 1 is 1.07 bits per heavy atom. The molecule has 1 N–H and O–H groups in total. The van der Waals surface area contributed by atoms with Gasteiger partial charge in [0.2, 0.25) is 5.91 Å². The van der Waals surface area contributed by atoms with Crippen molar-refractivity contribution in [3.05, 3.63) is 99.0 Å². The van der Waals surface area contributed by atoms with Gasteiger partial charge in [-0.05, 0) is 66.1 Å². The van der Waals surface area contributed by atoms with E-state index in [-0.39, 0.29) is 5.91 Å². The fourth-order valence-electron chi connectivity index (χ4n) is 2.51. The van der Waals surface area contributed by atoms with Crippen LogP contribution < -0.4 is 10.1 Å². The summed E-state index contributed by atoms with van der Waals surface area (Å²) in [6.45, 7) is 2.37. The lowest BCUT2D eigenvalue weighted by atomic mass is 10.2. The number of nitrogens with one attached hydrogen (secondary N) is 1. The van der Waals surface area contributed by atoms with Crippen molar-refractivity contribution in [2.45, 2.75) is 13.5 Å². The average molecular weight is 457 g/mol. The Balaban J connectivity index is 1.55. The normalized spacial score (nSPS) is 10.8. The third-order valence-corrected chi connectivity index (χ3v) is 5.09. The maximum Gasteiger partial charge on any atom is 0.248 e. The summed E-state index contributed by atoms with van der Waals surface area (Å²) < 4.78 is 6.83. The number of hydrogen-bond acceptors (Lipinski definition) is 2. The minimum atomic E-state index is -0.207. The van der Waals surface area contributed by atoms with Crippen molar-refractivity contribution in [1.29, 1.82) is 0 Å². The summed E-state index contributed by atoms with van der Waals surface area (Å²) in [5.74, 6) is 0.569. The molecule has 1 amide bonds. The summed E-state index contributed by atoms with van der Waals surface area (Å²) in [5.41, 5.74) is 3.56. The van der Waals surface area contributed by atoms with E-state index in [1.165, 1.54) is 6.08 Å². The number of carbonyl (C=O) groups is 1. The molecule has 3 nitrogen and oxygen atoms in total. The van der Waals surface area contributed by atoms with Crippen molar-refractivity contribution in [3.63, 3.8) is 0 Å². The van der Waals surface area contributed by atoms with Crippen LogP contribution in [0.15, 0.2) is 77.3 Å². The number of rotatable bonds is 6. The number of amides is 1. The molecule has 0 saturated heterocycles. The maximum absolute atomic E-state index is 12.1. The molecular weight excluding hydrogens is 438 g/mol. The predicted molar refractivity (Wildman–Crippen MR) is 119 cm³/mol. The minimum absolute atomic E-state index is 0.207. The van der Waals surface area contributed by atoms with Gasteiger partial charge in [0.15, 0.2) is 0 Å². The molecule has 0 spiro atoms. The first kappa shape index (κ1) is 20.2. The summed E-state index contributed by atoms with van der Waals surface area (Å²) in [7, 11) is 0. The van der Waals surface area contributed by atoms with Crippen molar-refractivity contribution in [1.82, 2.24) is 0 Å².